The van der Waals surface area contributed by atoms with E-state index >= 15 is 0 Å². The first-order chi connectivity index (χ1) is 9.69. The lowest BCUT2D eigenvalue weighted by Crippen LogP contribution is -2.08. The lowest BCUT2D eigenvalue weighted by Gasteiger charge is -2.08. The van der Waals surface area contributed by atoms with Crippen molar-refractivity contribution in [2.24, 2.45) is 0 Å². The number of hydrogen-bond donors (Lipinski definition) is 1. The highest BCUT2D eigenvalue weighted by molar-refractivity contribution is 5.63. The van der Waals surface area contributed by atoms with Crippen LogP contribution in [0.25, 0.3) is 0 Å². The zero-order valence-electron chi connectivity index (χ0n) is 12.1. The summed E-state index contributed by atoms with van der Waals surface area (Å²) in [6.07, 6.45) is 3.00. The molecule has 0 fully saturated rings. The minimum Gasteiger partial charge on any atom is -0.496 e. The Labute approximate surface area is 119 Å². The molecular formula is C14H22N2O4. The van der Waals surface area contributed by atoms with Crippen LogP contribution in [0.1, 0.15) is 26.2 Å². The molecule has 0 aliphatic rings. The minimum absolute atomic E-state index is 0.0243. The lowest BCUT2D eigenvalue weighted by atomic mass is 10.2. The molecule has 0 spiro atoms. The van der Waals surface area contributed by atoms with Crippen LogP contribution in [0.2, 0.25) is 0 Å². The van der Waals surface area contributed by atoms with Gasteiger partial charge >= 0.3 is 0 Å². The first-order valence-corrected chi connectivity index (χ1v) is 6.83. The van der Waals surface area contributed by atoms with Gasteiger partial charge in [0.05, 0.1) is 18.1 Å². The van der Waals surface area contributed by atoms with Gasteiger partial charge in [0.2, 0.25) is 0 Å². The highest BCUT2D eigenvalue weighted by atomic mass is 16.6. The van der Waals surface area contributed by atoms with Gasteiger partial charge in [-0.05, 0) is 25.0 Å². The SMILES string of the molecule is CCCCOCCCNc1ccc(OC)cc1[N+](=O)[O-]. The molecular weight excluding hydrogens is 260 g/mol. The third kappa shape index (κ3) is 5.44. The normalized spacial score (nSPS) is 10.3. The zero-order valence-corrected chi connectivity index (χ0v) is 12.1. The van der Waals surface area contributed by atoms with Crippen molar-refractivity contribution >= 4 is 11.4 Å². The molecule has 1 rings (SSSR count). The largest absolute Gasteiger partial charge is 0.496 e. The molecule has 6 nitrogen and oxygen atoms in total. The van der Waals surface area contributed by atoms with E-state index in [1.165, 1.54) is 13.2 Å². The van der Waals surface area contributed by atoms with Crippen molar-refractivity contribution in [1.29, 1.82) is 0 Å². The standard InChI is InChI=1S/C14H22N2O4/c1-3-4-9-20-10-5-8-15-13-7-6-12(19-2)11-14(13)16(17)18/h6-7,11,15H,3-5,8-10H2,1-2H3. The predicted octanol–water partition coefficient (Wildman–Crippen LogP) is 3.22. The van der Waals surface area contributed by atoms with Gasteiger partial charge in [-0.1, -0.05) is 13.3 Å². The number of rotatable bonds is 10. The number of nitro groups is 1. The quantitative estimate of drug-likeness (QED) is 0.405. The third-order valence-electron chi connectivity index (χ3n) is 2.82. The van der Waals surface area contributed by atoms with Crippen molar-refractivity contribution in [2.45, 2.75) is 26.2 Å². The molecule has 0 bridgehead atoms. The Morgan fingerprint density at radius 3 is 2.70 bits per heavy atom. The van der Waals surface area contributed by atoms with Gasteiger partial charge in [-0.3, -0.25) is 10.1 Å². The molecule has 20 heavy (non-hydrogen) atoms. The van der Waals surface area contributed by atoms with Crippen molar-refractivity contribution < 1.29 is 14.4 Å². The van der Waals surface area contributed by atoms with Crippen molar-refractivity contribution in [1.82, 2.24) is 0 Å². The Balaban J connectivity index is 2.41. The fourth-order valence-corrected chi connectivity index (χ4v) is 1.68. The van der Waals surface area contributed by atoms with Crippen LogP contribution >= 0.6 is 0 Å². The molecule has 6 heteroatoms. The summed E-state index contributed by atoms with van der Waals surface area (Å²) in [4.78, 5) is 10.6. The van der Waals surface area contributed by atoms with E-state index < -0.39 is 4.92 Å². The second kappa shape index (κ2) is 9.14. The fourth-order valence-electron chi connectivity index (χ4n) is 1.68. The maximum absolute atomic E-state index is 11.0. The van der Waals surface area contributed by atoms with Gasteiger partial charge in [0, 0.05) is 19.8 Å². The molecule has 0 heterocycles. The lowest BCUT2D eigenvalue weighted by molar-refractivity contribution is -0.384. The molecule has 0 aliphatic carbocycles. The Kier molecular flexibility index (Phi) is 7.42. The average Bonchev–Trinajstić information content (AvgIpc) is 2.46. The fraction of sp³-hybridized carbons (Fsp3) is 0.571. The number of nitrogens with one attached hydrogen (secondary N) is 1. The second-order valence-electron chi connectivity index (χ2n) is 4.39. The number of hydrogen-bond acceptors (Lipinski definition) is 5. The van der Waals surface area contributed by atoms with Crippen molar-refractivity contribution in [2.75, 3.05) is 32.2 Å². The van der Waals surface area contributed by atoms with Crippen molar-refractivity contribution in [3.05, 3.63) is 28.3 Å². The molecule has 0 aliphatic heterocycles. The number of methoxy groups -OCH3 is 1. The van der Waals surface area contributed by atoms with Gasteiger partial charge in [0.25, 0.3) is 5.69 Å². The van der Waals surface area contributed by atoms with Crippen LogP contribution in [0.5, 0.6) is 5.75 Å². The van der Waals surface area contributed by atoms with E-state index in [0.717, 1.165) is 25.9 Å². The van der Waals surface area contributed by atoms with Crippen LogP contribution in [0.4, 0.5) is 11.4 Å². The predicted molar refractivity (Wildman–Crippen MR) is 78.5 cm³/mol. The monoisotopic (exact) mass is 282 g/mol. The molecule has 0 saturated heterocycles. The van der Waals surface area contributed by atoms with E-state index in [9.17, 15) is 10.1 Å². The number of nitrogens with zero attached hydrogens (tertiary/aromatic N) is 1. The number of nitro benzene ring substituents is 1. The maximum atomic E-state index is 11.0. The van der Waals surface area contributed by atoms with Crippen LogP contribution in [0.15, 0.2) is 18.2 Å². The van der Waals surface area contributed by atoms with E-state index in [-0.39, 0.29) is 5.69 Å². The summed E-state index contributed by atoms with van der Waals surface area (Å²) in [7, 11) is 1.49. The molecule has 112 valence electrons. The number of ether oxygens (including phenoxy) is 2. The van der Waals surface area contributed by atoms with Crippen LogP contribution in [-0.4, -0.2) is 31.8 Å². The summed E-state index contributed by atoms with van der Waals surface area (Å²) >= 11 is 0. The highest BCUT2D eigenvalue weighted by Gasteiger charge is 2.14. The summed E-state index contributed by atoms with van der Waals surface area (Å²) < 4.78 is 10.4. The molecule has 1 aromatic carbocycles. The van der Waals surface area contributed by atoms with E-state index in [1.807, 2.05) is 0 Å². The van der Waals surface area contributed by atoms with Crippen molar-refractivity contribution in [3.8, 4) is 5.75 Å². The van der Waals surface area contributed by atoms with Crippen LogP contribution < -0.4 is 10.1 Å². The molecule has 0 amide bonds. The molecule has 1 aromatic rings. The number of unbranched alkanes of at least 4 members (excludes halogenated alkanes) is 1. The summed E-state index contributed by atoms with van der Waals surface area (Å²) in [5, 5.41) is 14.0. The smallest absolute Gasteiger partial charge is 0.296 e. The van der Waals surface area contributed by atoms with Crippen LogP contribution in [0.3, 0.4) is 0 Å². The Hall–Kier alpha value is -1.82. The molecule has 0 aromatic heterocycles. The highest BCUT2D eigenvalue weighted by Crippen LogP contribution is 2.28. The van der Waals surface area contributed by atoms with Crippen LogP contribution in [-0.2, 0) is 4.74 Å². The molecule has 0 radical (unpaired) electrons. The third-order valence-corrected chi connectivity index (χ3v) is 2.82. The summed E-state index contributed by atoms with van der Waals surface area (Å²) in [6.45, 7) is 4.20. The minimum atomic E-state index is -0.414. The second-order valence-corrected chi connectivity index (χ2v) is 4.39. The van der Waals surface area contributed by atoms with E-state index in [1.54, 1.807) is 12.1 Å². The summed E-state index contributed by atoms with van der Waals surface area (Å²) in [5.74, 6) is 0.477. The zero-order chi connectivity index (χ0) is 14.8. The Morgan fingerprint density at radius 2 is 2.05 bits per heavy atom. The van der Waals surface area contributed by atoms with E-state index in [2.05, 4.69) is 12.2 Å². The molecule has 1 N–H and O–H groups in total. The van der Waals surface area contributed by atoms with Crippen molar-refractivity contribution in [3.63, 3.8) is 0 Å². The van der Waals surface area contributed by atoms with E-state index in [4.69, 9.17) is 9.47 Å². The summed E-state index contributed by atoms with van der Waals surface area (Å²) in [5.41, 5.74) is 0.528. The van der Waals surface area contributed by atoms with Gasteiger partial charge < -0.3 is 14.8 Å². The number of anilines is 1. The van der Waals surface area contributed by atoms with Gasteiger partial charge in [0.1, 0.15) is 11.4 Å². The number of benzene rings is 1. The van der Waals surface area contributed by atoms with Gasteiger partial charge in [-0.15, -0.1) is 0 Å². The molecule has 0 atom stereocenters. The van der Waals surface area contributed by atoms with E-state index in [0.29, 0.717) is 24.6 Å². The topological polar surface area (TPSA) is 73.6 Å². The average molecular weight is 282 g/mol. The maximum Gasteiger partial charge on any atom is 0.296 e. The molecule has 0 unspecified atom stereocenters. The first-order valence-electron chi connectivity index (χ1n) is 6.83. The van der Waals surface area contributed by atoms with Gasteiger partial charge in [-0.2, -0.15) is 0 Å². The van der Waals surface area contributed by atoms with Crippen LogP contribution in [0, 0.1) is 10.1 Å². The summed E-state index contributed by atoms with van der Waals surface area (Å²) in [6, 6.07) is 4.78. The Morgan fingerprint density at radius 1 is 1.30 bits per heavy atom. The Bertz CT molecular complexity index is 424. The molecule has 0 saturated carbocycles. The van der Waals surface area contributed by atoms with Gasteiger partial charge in [0.15, 0.2) is 0 Å². The van der Waals surface area contributed by atoms with Gasteiger partial charge in [-0.25, -0.2) is 0 Å². The first kappa shape index (κ1) is 16.2.